The first-order valence-electron chi connectivity index (χ1n) is 4.89. The molecule has 0 unspecified atom stereocenters. The molecule has 1 amide bonds. The third kappa shape index (κ3) is 2.85. The lowest BCUT2D eigenvalue weighted by molar-refractivity contribution is 0.0995. The van der Waals surface area contributed by atoms with Crippen LogP contribution in [0.3, 0.4) is 0 Å². The van der Waals surface area contributed by atoms with Gasteiger partial charge in [-0.2, -0.15) is 0 Å². The normalized spacial score (nSPS) is 10.3. The molecule has 0 aliphatic carbocycles. The molecule has 0 aliphatic rings. The Morgan fingerprint density at radius 2 is 2.12 bits per heavy atom. The minimum atomic E-state index is -0.345. The molecule has 17 heavy (non-hydrogen) atoms. The van der Waals surface area contributed by atoms with Crippen LogP contribution in [0, 0.1) is 16.3 Å². The van der Waals surface area contributed by atoms with E-state index in [9.17, 15) is 9.18 Å². The second kappa shape index (κ2) is 4.87. The van der Waals surface area contributed by atoms with E-state index in [4.69, 9.17) is 4.42 Å². The van der Waals surface area contributed by atoms with Gasteiger partial charge < -0.3 is 9.73 Å². The molecule has 0 saturated carbocycles. The van der Waals surface area contributed by atoms with E-state index in [1.54, 1.807) is 19.1 Å². The molecule has 0 radical (unpaired) electrons. The third-order valence-corrected chi connectivity index (χ3v) is 3.04. The van der Waals surface area contributed by atoms with E-state index in [0.717, 1.165) is 0 Å². The average Bonchev–Trinajstić information content (AvgIpc) is 2.69. The minimum absolute atomic E-state index is 0.239. The zero-order valence-corrected chi connectivity index (χ0v) is 11.1. The molecule has 3 nitrogen and oxygen atoms in total. The molecule has 1 aromatic heterocycles. The van der Waals surface area contributed by atoms with E-state index >= 15 is 0 Å². The molecule has 5 heteroatoms. The highest BCUT2D eigenvalue weighted by molar-refractivity contribution is 14.1. The van der Waals surface area contributed by atoms with Gasteiger partial charge in [0.05, 0.1) is 5.69 Å². The van der Waals surface area contributed by atoms with E-state index in [1.165, 1.54) is 18.2 Å². The van der Waals surface area contributed by atoms with Crippen molar-refractivity contribution < 1.29 is 13.6 Å². The topological polar surface area (TPSA) is 42.2 Å². The van der Waals surface area contributed by atoms with E-state index in [-0.39, 0.29) is 17.5 Å². The Morgan fingerprint density at radius 3 is 2.71 bits per heavy atom. The predicted octanol–water partition coefficient (Wildman–Crippen LogP) is 3.58. The Bertz CT molecular complexity index is 565. The van der Waals surface area contributed by atoms with Crippen LogP contribution in [0.4, 0.5) is 10.1 Å². The molecule has 0 fully saturated rings. The molecule has 1 heterocycles. The van der Waals surface area contributed by atoms with Crippen molar-refractivity contribution in [1.82, 2.24) is 0 Å². The van der Waals surface area contributed by atoms with Crippen LogP contribution in [0.15, 0.2) is 34.7 Å². The zero-order chi connectivity index (χ0) is 12.4. The molecule has 0 saturated heterocycles. The lowest BCUT2D eigenvalue weighted by atomic mass is 10.3. The first kappa shape index (κ1) is 12.1. The number of anilines is 1. The van der Waals surface area contributed by atoms with Gasteiger partial charge in [-0.05, 0) is 59.8 Å². The van der Waals surface area contributed by atoms with Crippen LogP contribution in [0.25, 0.3) is 0 Å². The fourth-order valence-corrected chi connectivity index (χ4v) is 1.94. The summed E-state index contributed by atoms with van der Waals surface area (Å²) < 4.78 is 18.7. The summed E-state index contributed by atoms with van der Waals surface area (Å²) >= 11 is 1.96. The van der Waals surface area contributed by atoms with Crippen LogP contribution in [0.5, 0.6) is 0 Å². The third-order valence-electron chi connectivity index (χ3n) is 2.14. The standard InChI is InChI=1S/C12H9FINO2/c1-7-2-5-11(17-7)12(16)15-10-4-3-8(13)6-9(10)14/h2-6H,1H3,(H,15,16). The monoisotopic (exact) mass is 345 g/mol. The van der Waals surface area contributed by atoms with Gasteiger partial charge in [0.2, 0.25) is 0 Å². The number of halogens is 2. The SMILES string of the molecule is Cc1ccc(C(=O)Nc2ccc(F)cc2I)o1. The second-order valence-electron chi connectivity index (χ2n) is 3.49. The van der Waals surface area contributed by atoms with Gasteiger partial charge in [0.25, 0.3) is 5.91 Å². The number of furan rings is 1. The van der Waals surface area contributed by atoms with Crippen molar-refractivity contribution in [2.45, 2.75) is 6.92 Å². The number of amides is 1. The molecule has 0 bridgehead atoms. The Morgan fingerprint density at radius 1 is 1.35 bits per heavy atom. The smallest absolute Gasteiger partial charge is 0.291 e. The van der Waals surface area contributed by atoms with Crippen molar-refractivity contribution in [3.63, 3.8) is 0 Å². The van der Waals surface area contributed by atoms with Crippen molar-refractivity contribution in [3.8, 4) is 0 Å². The molecular weight excluding hydrogens is 336 g/mol. The Balaban J connectivity index is 2.18. The van der Waals surface area contributed by atoms with Gasteiger partial charge in [-0.15, -0.1) is 0 Å². The maximum atomic E-state index is 12.9. The lowest BCUT2D eigenvalue weighted by Crippen LogP contribution is -2.11. The van der Waals surface area contributed by atoms with E-state index in [2.05, 4.69) is 5.32 Å². The van der Waals surface area contributed by atoms with Crippen molar-refractivity contribution >= 4 is 34.2 Å². The molecule has 1 N–H and O–H groups in total. The highest BCUT2D eigenvalue weighted by atomic mass is 127. The zero-order valence-electron chi connectivity index (χ0n) is 8.96. The van der Waals surface area contributed by atoms with Gasteiger partial charge >= 0.3 is 0 Å². The molecule has 2 rings (SSSR count). The summed E-state index contributed by atoms with van der Waals surface area (Å²) in [6.45, 7) is 1.76. The van der Waals surface area contributed by atoms with Gasteiger partial charge in [0.1, 0.15) is 11.6 Å². The van der Waals surface area contributed by atoms with Crippen molar-refractivity contribution in [2.75, 3.05) is 5.32 Å². The highest BCUT2D eigenvalue weighted by Gasteiger charge is 2.11. The predicted molar refractivity (Wildman–Crippen MR) is 70.5 cm³/mol. The number of hydrogen-bond donors (Lipinski definition) is 1. The maximum absolute atomic E-state index is 12.9. The van der Waals surface area contributed by atoms with Crippen LogP contribution >= 0.6 is 22.6 Å². The van der Waals surface area contributed by atoms with Crippen LogP contribution in [0.2, 0.25) is 0 Å². The summed E-state index contributed by atoms with van der Waals surface area (Å²) in [4.78, 5) is 11.8. The van der Waals surface area contributed by atoms with Crippen LogP contribution < -0.4 is 5.32 Å². The highest BCUT2D eigenvalue weighted by Crippen LogP contribution is 2.20. The Hall–Kier alpha value is -1.37. The van der Waals surface area contributed by atoms with Crippen LogP contribution in [-0.2, 0) is 0 Å². The molecule has 1 aromatic carbocycles. The fraction of sp³-hybridized carbons (Fsp3) is 0.0833. The average molecular weight is 345 g/mol. The van der Waals surface area contributed by atoms with Crippen molar-refractivity contribution in [1.29, 1.82) is 0 Å². The van der Waals surface area contributed by atoms with Gasteiger partial charge in [-0.1, -0.05) is 0 Å². The molecule has 0 aliphatic heterocycles. The number of rotatable bonds is 2. The number of aryl methyl sites for hydroxylation is 1. The number of benzene rings is 1. The van der Waals surface area contributed by atoms with E-state index in [0.29, 0.717) is 15.0 Å². The van der Waals surface area contributed by atoms with E-state index in [1.807, 2.05) is 22.6 Å². The first-order valence-corrected chi connectivity index (χ1v) is 5.97. The second-order valence-corrected chi connectivity index (χ2v) is 4.65. The summed E-state index contributed by atoms with van der Waals surface area (Å²) in [7, 11) is 0. The molecular formula is C12H9FINO2. The van der Waals surface area contributed by atoms with Gasteiger partial charge in [-0.3, -0.25) is 4.79 Å². The number of carbonyl (C=O) groups is 1. The number of hydrogen-bond acceptors (Lipinski definition) is 2. The van der Waals surface area contributed by atoms with Gasteiger partial charge in [0.15, 0.2) is 5.76 Å². The van der Waals surface area contributed by atoms with Crippen molar-refractivity contribution in [3.05, 3.63) is 51.2 Å². The molecule has 0 atom stereocenters. The number of carbonyl (C=O) groups excluding carboxylic acids is 1. The first-order chi connectivity index (χ1) is 8.06. The van der Waals surface area contributed by atoms with Crippen LogP contribution in [-0.4, -0.2) is 5.91 Å². The lowest BCUT2D eigenvalue weighted by Gasteiger charge is -2.05. The maximum Gasteiger partial charge on any atom is 0.291 e. The van der Waals surface area contributed by atoms with Gasteiger partial charge in [0, 0.05) is 3.57 Å². The summed E-state index contributed by atoms with van der Waals surface area (Å²) in [5.74, 6) is 0.232. The summed E-state index contributed by atoms with van der Waals surface area (Å²) in [5, 5.41) is 2.66. The van der Waals surface area contributed by atoms with E-state index < -0.39 is 0 Å². The Kier molecular flexibility index (Phi) is 3.46. The quantitative estimate of drug-likeness (QED) is 0.846. The Labute approximate surface area is 111 Å². The fourth-order valence-electron chi connectivity index (χ4n) is 1.33. The number of nitrogens with one attached hydrogen (secondary N) is 1. The molecule has 88 valence electrons. The summed E-state index contributed by atoms with van der Waals surface area (Å²) in [6.07, 6.45) is 0. The molecule has 2 aromatic rings. The summed E-state index contributed by atoms with van der Waals surface area (Å²) in [5.41, 5.74) is 0.561. The molecule has 0 spiro atoms. The van der Waals surface area contributed by atoms with Crippen LogP contribution in [0.1, 0.15) is 16.3 Å². The summed E-state index contributed by atoms with van der Waals surface area (Å²) in [6, 6.07) is 7.48. The van der Waals surface area contributed by atoms with Gasteiger partial charge in [-0.25, -0.2) is 4.39 Å². The largest absolute Gasteiger partial charge is 0.456 e. The minimum Gasteiger partial charge on any atom is -0.456 e. The van der Waals surface area contributed by atoms with Crippen molar-refractivity contribution in [2.24, 2.45) is 0 Å².